The summed E-state index contributed by atoms with van der Waals surface area (Å²) in [6.07, 6.45) is -3.59. The van der Waals surface area contributed by atoms with Crippen LogP contribution in [0.3, 0.4) is 0 Å². The van der Waals surface area contributed by atoms with E-state index in [4.69, 9.17) is 32.0 Å². The molecular weight excluding hydrogens is 415 g/mol. The van der Waals surface area contributed by atoms with Gasteiger partial charge in [-0.1, -0.05) is 11.6 Å². The van der Waals surface area contributed by atoms with E-state index >= 15 is 0 Å². The Morgan fingerprint density at radius 3 is 2.34 bits per heavy atom. The minimum absolute atomic E-state index is 0.183. The number of carbonyl (C=O) groups is 2. The van der Waals surface area contributed by atoms with E-state index in [9.17, 15) is 18.0 Å². The van der Waals surface area contributed by atoms with E-state index < -0.39 is 18.7 Å². The number of rotatable bonds is 6. The van der Waals surface area contributed by atoms with Gasteiger partial charge in [-0.3, -0.25) is 14.5 Å². The Morgan fingerprint density at radius 2 is 1.83 bits per heavy atom. The molecule has 164 valence electrons. The minimum atomic E-state index is -4.23. The van der Waals surface area contributed by atoms with Crippen LogP contribution >= 0.6 is 11.6 Å². The molecule has 1 aromatic carbocycles. The van der Waals surface area contributed by atoms with Gasteiger partial charge in [0.05, 0.1) is 18.7 Å². The average molecular weight is 440 g/mol. The van der Waals surface area contributed by atoms with Crippen molar-refractivity contribution < 1.29 is 32.6 Å². The summed E-state index contributed by atoms with van der Waals surface area (Å²) >= 11 is 5.96. The SMILES string of the molecule is CC(=O)O.NCCCOc1cc(Cl)ccc1C(=O)N1CCN(CC(F)(F)F)CC1. The molecule has 0 atom stereocenters. The normalized spacial score (nSPS) is 14.8. The van der Waals surface area contributed by atoms with Crippen LogP contribution in [0.5, 0.6) is 5.75 Å². The zero-order valence-corrected chi connectivity index (χ0v) is 16.8. The number of nitrogens with zero attached hydrogens (tertiary/aromatic N) is 2. The van der Waals surface area contributed by atoms with E-state index in [-0.39, 0.29) is 32.1 Å². The van der Waals surface area contributed by atoms with Gasteiger partial charge in [-0.15, -0.1) is 0 Å². The molecule has 0 aliphatic carbocycles. The van der Waals surface area contributed by atoms with Crippen LogP contribution in [0, 0.1) is 0 Å². The molecule has 3 N–H and O–H groups in total. The molecule has 1 aromatic rings. The maximum atomic E-state index is 12.7. The van der Waals surface area contributed by atoms with Crippen molar-refractivity contribution in [2.45, 2.75) is 19.5 Å². The van der Waals surface area contributed by atoms with Gasteiger partial charge in [-0.05, 0) is 31.2 Å². The van der Waals surface area contributed by atoms with E-state index in [2.05, 4.69) is 0 Å². The number of piperazine rings is 1. The zero-order chi connectivity index (χ0) is 22.0. The molecule has 0 saturated carbocycles. The summed E-state index contributed by atoms with van der Waals surface area (Å²) in [5.74, 6) is -0.741. The van der Waals surface area contributed by atoms with E-state index in [0.717, 1.165) is 6.92 Å². The third-order valence-electron chi connectivity index (χ3n) is 3.84. The Bertz CT molecular complexity index is 677. The lowest BCUT2D eigenvalue weighted by molar-refractivity contribution is -0.148. The van der Waals surface area contributed by atoms with Crippen LogP contribution in [-0.4, -0.2) is 78.8 Å². The second kappa shape index (κ2) is 11.8. The Morgan fingerprint density at radius 1 is 1.24 bits per heavy atom. The summed E-state index contributed by atoms with van der Waals surface area (Å²) in [6, 6.07) is 4.72. The van der Waals surface area contributed by atoms with E-state index in [1.807, 2.05) is 0 Å². The Labute approximate surface area is 172 Å². The molecule has 1 saturated heterocycles. The number of amides is 1. The number of halogens is 4. The van der Waals surface area contributed by atoms with Gasteiger partial charge in [-0.2, -0.15) is 13.2 Å². The van der Waals surface area contributed by atoms with Crippen LogP contribution in [0.15, 0.2) is 18.2 Å². The van der Waals surface area contributed by atoms with Crippen LogP contribution in [0.4, 0.5) is 13.2 Å². The molecule has 7 nitrogen and oxygen atoms in total. The molecule has 1 aliphatic heterocycles. The number of carboxylic acids is 1. The number of hydrogen-bond donors (Lipinski definition) is 2. The third kappa shape index (κ3) is 9.82. The standard InChI is InChI=1S/C16H21ClF3N3O2.C2H4O2/c17-12-2-3-13(14(10-12)25-9-1-4-21)15(24)23-7-5-22(6-8-23)11-16(18,19)20;1-2(3)4/h2-3,10H,1,4-9,11,21H2;1H3,(H,3,4). The topological polar surface area (TPSA) is 96.1 Å². The number of carboxylic acid groups (broad SMARTS) is 1. The molecule has 1 amide bonds. The molecule has 0 aromatic heterocycles. The number of alkyl halides is 3. The van der Waals surface area contributed by atoms with Gasteiger partial charge in [0.1, 0.15) is 5.75 Å². The Hall–Kier alpha value is -2.04. The largest absolute Gasteiger partial charge is 0.493 e. The third-order valence-corrected chi connectivity index (χ3v) is 4.08. The van der Waals surface area contributed by atoms with Crippen LogP contribution in [0.25, 0.3) is 0 Å². The van der Waals surface area contributed by atoms with Gasteiger partial charge >= 0.3 is 6.18 Å². The van der Waals surface area contributed by atoms with E-state index in [1.54, 1.807) is 18.2 Å². The molecule has 1 fully saturated rings. The molecule has 0 bridgehead atoms. The molecule has 1 heterocycles. The van der Waals surface area contributed by atoms with Crippen molar-refractivity contribution in [3.63, 3.8) is 0 Å². The lowest BCUT2D eigenvalue weighted by Gasteiger charge is -2.35. The highest BCUT2D eigenvalue weighted by molar-refractivity contribution is 6.30. The van der Waals surface area contributed by atoms with Gasteiger partial charge in [0, 0.05) is 38.1 Å². The summed E-state index contributed by atoms with van der Waals surface area (Å²) < 4.78 is 42.9. The monoisotopic (exact) mass is 439 g/mol. The van der Waals surface area contributed by atoms with Crippen molar-refractivity contribution in [1.82, 2.24) is 9.80 Å². The second-order valence-corrected chi connectivity index (χ2v) is 6.77. The van der Waals surface area contributed by atoms with Gasteiger partial charge < -0.3 is 20.5 Å². The smallest absolute Gasteiger partial charge is 0.401 e. The number of ether oxygens (including phenoxy) is 1. The summed E-state index contributed by atoms with van der Waals surface area (Å²) in [5.41, 5.74) is 5.78. The lowest BCUT2D eigenvalue weighted by Crippen LogP contribution is -2.50. The molecule has 11 heteroatoms. The van der Waals surface area contributed by atoms with Gasteiger partial charge in [0.25, 0.3) is 11.9 Å². The average Bonchev–Trinajstić information content (AvgIpc) is 2.60. The first kappa shape index (κ1) is 25.0. The van der Waals surface area contributed by atoms with Crippen molar-refractivity contribution >= 4 is 23.5 Å². The number of carbonyl (C=O) groups excluding carboxylic acids is 1. The fraction of sp³-hybridized carbons (Fsp3) is 0.556. The maximum Gasteiger partial charge on any atom is 0.401 e. The molecule has 0 unspecified atom stereocenters. The number of hydrogen-bond acceptors (Lipinski definition) is 5. The number of aliphatic carboxylic acids is 1. The number of benzene rings is 1. The highest BCUT2D eigenvalue weighted by Gasteiger charge is 2.33. The summed E-state index contributed by atoms with van der Waals surface area (Å²) in [4.78, 5) is 24.5. The molecule has 0 radical (unpaired) electrons. The van der Waals surface area contributed by atoms with Crippen molar-refractivity contribution in [1.29, 1.82) is 0 Å². The van der Waals surface area contributed by atoms with Crippen LogP contribution in [0.1, 0.15) is 23.7 Å². The fourth-order valence-electron chi connectivity index (χ4n) is 2.59. The summed E-state index contributed by atoms with van der Waals surface area (Å²) in [7, 11) is 0. The first-order valence-corrected chi connectivity index (χ1v) is 9.31. The van der Waals surface area contributed by atoms with Crippen LogP contribution in [0.2, 0.25) is 5.02 Å². The number of nitrogens with two attached hydrogens (primary N) is 1. The predicted molar refractivity (Wildman–Crippen MR) is 102 cm³/mol. The summed E-state index contributed by atoms with van der Waals surface area (Å²) in [5, 5.41) is 7.86. The molecule has 0 spiro atoms. The van der Waals surface area contributed by atoms with E-state index in [0.29, 0.717) is 35.9 Å². The van der Waals surface area contributed by atoms with Gasteiger partial charge in [0.15, 0.2) is 0 Å². The van der Waals surface area contributed by atoms with Crippen LogP contribution in [-0.2, 0) is 4.79 Å². The van der Waals surface area contributed by atoms with Gasteiger partial charge in [0.2, 0.25) is 0 Å². The van der Waals surface area contributed by atoms with E-state index in [1.165, 1.54) is 9.80 Å². The Kier molecular flexibility index (Phi) is 10.2. The fourth-order valence-corrected chi connectivity index (χ4v) is 2.75. The molecule has 29 heavy (non-hydrogen) atoms. The van der Waals surface area contributed by atoms with Gasteiger partial charge in [-0.25, -0.2) is 0 Å². The molecule has 2 rings (SSSR count). The first-order valence-electron chi connectivity index (χ1n) is 8.94. The van der Waals surface area contributed by atoms with Crippen molar-refractivity contribution in [3.8, 4) is 5.75 Å². The van der Waals surface area contributed by atoms with Crippen molar-refractivity contribution in [2.75, 3.05) is 45.9 Å². The lowest BCUT2D eigenvalue weighted by atomic mass is 10.1. The Balaban J connectivity index is 0.000000960. The van der Waals surface area contributed by atoms with Crippen LogP contribution < -0.4 is 10.5 Å². The molecule has 1 aliphatic rings. The predicted octanol–water partition coefficient (Wildman–Crippen LogP) is 2.48. The minimum Gasteiger partial charge on any atom is -0.493 e. The van der Waals surface area contributed by atoms with Crippen molar-refractivity contribution in [2.24, 2.45) is 5.73 Å². The highest BCUT2D eigenvalue weighted by atomic mass is 35.5. The zero-order valence-electron chi connectivity index (χ0n) is 16.0. The first-order chi connectivity index (χ1) is 13.5. The summed E-state index contributed by atoms with van der Waals surface area (Å²) in [6.45, 7) is 1.79. The quantitative estimate of drug-likeness (QED) is 0.661. The second-order valence-electron chi connectivity index (χ2n) is 6.33. The maximum absolute atomic E-state index is 12.7. The molecular formula is C18H25ClF3N3O4. The van der Waals surface area contributed by atoms with Crippen molar-refractivity contribution in [3.05, 3.63) is 28.8 Å². The highest BCUT2D eigenvalue weighted by Crippen LogP contribution is 2.26.